The van der Waals surface area contributed by atoms with Gasteiger partial charge in [0.15, 0.2) is 0 Å². The number of aliphatic hydroxyl groups excluding tert-OH is 1. The number of alkyl halides is 2. The quantitative estimate of drug-likeness (QED) is 0.330. The average molecular weight is 617 g/mol. The number of nitrogens with one attached hydrogen (secondary N) is 2. The van der Waals surface area contributed by atoms with Crippen molar-refractivity contribution in [1.29, 1.82) is 0 Å². The number of fused-ring (bicyclic) bond motifs is 1. The molecule has 3 aromatic rings. The Labute approximate surface area is 250 Å². The van der Waals surface area contributed by atoms with Crippen LogP contribution in [0.3, 0.4) is 0 Å². The number of rotatable bonds is 9. The number of nitrogens with zero attached hydrogens (tertiary/aromatic N) is 4. The van der Waals surface area contributed by atoms with Gasteiger partial charge in [0.2, 0.25) is 10.0 Å². The number of piperidine rings is 2. The number of halogens is 2. The maximum Gasteiger partial charge on any atom is 0.257 e. The maximum atomic E-state index is 13.7. The van der Waals surface area contributed by atoms with E-state index in [2.05, 4.69) is 20.0 Å². The molecule has 2 aliphatic heterocycles. The van der Waals surface area contributed by atoms with Crippen LogP contribution < -0.4 is 14.9 Å². The second-order valence-electron chi connectivity index (χ2n) is 12.3. The number of aliphatic hydroxyl groups is 1. The zero-order chi connectivity index (χ0) is 30.4. The summed E-state index contributed by atoms with van der Waals surface area (Å²) in [7, 11) is -1.89. The predicted molar refractivity (Wildman–Crippen MR) is 162 cm³/mol. The van der Waals surface area contributed by atoms with Gasteiger partial charge in [-0.05, 0) is 67.5 Å². The molecule has 6 rings (SSSR count). The van der Waals surface area contributed by atoms with Gasteiger partial charge in [0.25, 0.3) is 11.8 Å². The molecule has 1 spiro atoms. The van der Waals surface area contributed by atoms with E-state index in [-0.39, 0.29) is 18.7 Å². The molecule has 1 amide bonds. The number of anilines is 3. The Balaban J connectivity index is 1.24. The smallest absolute Gasteiger partial charge is 0.257 e. The number of carbonyl (C=O) groups excluding carboxylic acids is 1. The van der Waals surface area contributed by atoms with E-state index in [0.29, 0.717) is 47.7 Å². The van der Waals surface area contributed by atoms with Crippen molar-refractivity contribution in [2.24, 2.45) is 12.5 Å². The van der Waals surface area contributed by atoms with Gasteiger partial charge in [0, 0.05) is 63.7 Å². The first-order chi connectivity index (χ1) is 20.4. The molecular weight excluding hydrogens is 578 g/mol. The van der Waals surface area contributed by atoms with E-state index in [1.165, 1.54) is 12.8 Å². The molecule has 3 fully saturated rings. The molecule has 3 N–H and O–H groups in total. The first-order valence-electron chi connectivity index (χ1n) is 14.8. The van der Waals surface area contributed by atoms with Crippen molar-refractivity contribution in [1.82, 2.24) is 14.7 Å². The molecule has 43 heavy (non-hydrogen) atoms. The Morgan fingerprint density at radius 3 is 2.35 bits per heavy atom. The fourth-order valence-corrected chi connectivity index (χ4v) is 7.11. The molecule has 3 aliphatic rings. The van der Waals surface area contributed by atoms with Gasteiger partial charge in [-0.2, -0.15) is 5.10 Å². The Kier molecular flexibility index (Phi) is 7.84. The second-order valence-corrected chi connectivity index (χ2v) is 14.1. The number of hydrogen-bond acceptors (Lipinski definition) is 7. The van der Waals surface area contributed by atoms with Gasteiger partial charge in [-0.3, -0.25) is 19.1 Å². The van der Waals surface area contributed by atoms with Crippen LogP contribution in [0.2, 0.25) is 0 Å². The lowest BCUT2D eigenvalue weighted by Gasteiger charge is -2.35. The summed E-state index contributed by atoms with van der Waals surface area (Å²) in [6.45, 7) is 2.11. The normalized spacial score (nSPS) is 20.0. The molecule has 0 unspecified atom stereocenters. The summed E-state index contributed by atoms with van der Waals surface area (Å²) >= 11 is 0. The molecule has 0 radical (unpaired) electrons. The third-order valence-electron chi connectivity index (χ3n) is 9.14. The van der Waals surface area contributed by atoms with Gasteiger partial charge in [0.1, 0.15) is 0 Å². The van der Waals surface area contributed by atoms with Gasteiger partial charge in [-0.1, -0.05) is 0 Å². The molecule has 1 aromatic heterocycles. The van der Waals surface area contributed by atoms with Gasteiger partial charge in [-0.15, -0.1) is 0 Å². The highest BCUT2D eigenvalue weighted by Crippen LogP contribution is 2.54. The van der Waals surface area contributed by atoms with Crippen molar-refractivity contribution in [3.63, 3.8) is 0 Å². The highest BCUT2D eigenvalue weighted by atomic mass is 32.2. The van der Waals surface area contributed by atoms with E-state index in [1.807, 2.05) is 30.1 Å². The molecular formula is C30H38F2N6O4S. The van der Waals surface area contributed by atoms with Crippen molar-refractivity contribution in [2.45, 2.75) is 51.0 Å². The van der Waals surface area contributed by atoms with Gasteiger partial charge in [-0.25, -0.2) is 17.2 Å². The zero-order valence-corrected chi connectivity index (χ0v) is 25.1. The van der Waals surface area contributed by atoms with Gasteiger partial charge >= 0.3 is 0 Å². The number of hydrogen-bond donors (Lipinski definition) is 3. The predicted octanol–water partition coefficient (Wildman–Crippen LogP) is 4.17. The lowest BCUT2D eigenvalue weighted by Crippen LogP contribution is -2.38. The lowest BCUT2D eigenvalue weighted by molar-refractivity contribution is -0.0568. The van der Waals surface area contributed by atoms with Crippen molar-refractivity contribution in [3.05, 3.63) is 47.7 Å². The van der Waals surface area contributed by atoms with Crippen LogP contribution in [0, 0.1) is 5.41 Å². The fourth-order valence-electron chi connectivity index (χ4n) is 6.28. The summed E-state index contributed by atoms with van der Waals surface area (Å²) < 4.78 is 56.3. The minimum atomic E-state index is -3.73. The zero-order valence-electron chi connectivity index (χ0n) is 24.3. The summed E-state index contributed by atoms with van der Waals surface area (Å²) in [6, 6.07) is 10.4. The van der Waals surface area contributed by atoms with Crippen molar-refractivity contribution >= 4 is 43.9 Å². The van der Waals surface area contributed by atoms with Crippen molar-refractivity contribution in [2.75, 3.05) is 53.5 Å². The van der Waals surface area contributed by atoms with Crippen molar-refractivity contribution in [3.8, 4) is 0 Å². The Hall–Kier alpha value is -3.29. The Bertz CT molecular complexity index is 1620. The number of benzene rings is 2. The Morgan fingerprint density at radius 2 is 1.67 bits per heavy atom. The largest absolute Gasteiger partial charge is 0.395 e. The third kappa shape index (κ3) is 6.63. The fraction of sp³-hybridized carbons (Fsp3) is 0.533. The molecule has 1 aliphatic carbocycles. The molecule has 13 heteroatoms. The number of sulfonamides is 1. The molecule has 0 bridgehead atoms. The van der Waals surface area contributed by atoms with Crippen LogP contribution in [-0.2, 0) is 23.6 Å². The summed E-state index contributed by atoms with van der Waals surface area (Å²) in [5.74, 6) is -3.36. The first kappa shape index (κ1) is 29.8. The van der Waals surface area contributed by atoms with Crippen LogP contribution in [-0.4, -0.2) is 78.6 Å². The maximum absolute atomic E-state index is 13.7. The van der Waals surface area contributed by atoms with Crippen LogP contribution in [0.5, 0.6) is 0 Å². The summed E-state index contributed by atoms with van der Waals surface area (Å²) in [5.41, 5.74) is 4.05. The molecule has 3 heterocycles. The lowest BCUT2D eigenvalue weighted by atomic mass is 9.93. The molecule has 0 atom stereocenters. The average Bonchev–Trinajstić information content (AvgIpc) is 3.64. The highest BCUT2D eigenvalue weighted by molar-refractivity contribution is 7.92. The van der Waals surface area contributed by atoms with Gasteiger partial charge < -0.3 is 15.3 Å². The monoisotopic (exact) mass is 616 g/mol. The van der Waals surface area contributed by atoms with E-state index in [1.54, 1.807) is 22.9 Å². The SMILES string of the molecule is Cn1nc(CN2CCC(F)(F)CC2)c2cc(NC(=O)c3ccc(NS(=O)(=O)CCO)cc3N3CCC4(CC3)CC4)ccc21. The van der Waals surface area contributed by atoms with E-state index >= 15 is 0 Å². The highest BCUT2D eigenvalue weighted by Gasteiger charge is 2.44. The summed E-state index contributed by atoms with van der Waals surface area (Å²) in [4.78, 5) is 17.8. The summed E-state index contributed by atoms with van der Waals surface area (Å²) in [6.07, 6.45) is 4.20. The standard InChI is InChI=1S/C30H38F2N6O4S/c1-36-26-5-3-21(18-24(26)25(34-36)20-37-12-10-30(31,32)11-13-37)33-28(40)23-4-2-22(35-43(41,42)17-16-39)19-27(23)38-14-8-29(6-7-29)9-15-38/h2-5,18-19,35,39H,6-17,20H2,1H3,(H,33,40). The number of carbonyl (C=O) groups is 1. The van der Waals surface area contributed by atoms with E-state index in [9.17, 15) is 22.0 Å². The van der Waals surface area contributed by atoms with Crippen LogP contribution in [0.1, 0.15) is 54.6 Å². The van der Waals surface area contributed by atoms with Crippen molar-refractivity contribution < 1.29 is 27.1 Å². The van der Waals surface area contributed by atoms with Crippen LogP contribution >= 0.6 is 0 Å². The summed E-state index contributed by atoms with van der Waals surface area (Å²) in [5, 5.41) is 17.6. The minimum absolute atomic E-state index is 0.166. The topological polar surface area (TPSA) is 120 Å². The number of aromatic nitrogens is 2. The van der Waals surface area contributed by atoms with Crippen LogP contribution in [0.25, 0.3) is 10.9 Å². The molecule has 1 saturated carbocycles. The molecule has 232 valence electrons. The molecule has 2 saturated heterocycles. The van der Waals surface area contributed by atoms with E-state index in [4.69, 9.17) is 5.11 Å². The molecule has 2 aromatic carbocycles. The third-order valence-corrected chi connectivity index (χ3v) is 10.4. The first-order valence-corrected chi connectivity index (χ1v) is 16.5. The minimum Gasteiger partial charge on any atom is -0.395 e. The number of likely N-dealkylation sites (tertiary alicyclic amines) is 1. The van der Waals surface area contributed by atoms with Gasteiger partial charge in [0.05, 0.1) is 40.5 Å². The molecule has 10 nitrogen and oxygen atoms in total. The van der Waals surface area contributed by atoms with E-state index in [0.717, 1.165) is 42.5 Å². The van der Waals surface area contributed by atoms with Crippen LogP contribution in [0.15, 0.2) is 36.4 Å². The number of amides is 1. The van der Waals surface area contributed by atoms with E-state index < -0.39 is 28.3 Å². The second kappa shape index (κ2) is 11.3. The van der Waals surface area contributed by atoms with Crippen LogP contribution in [0.4, 0.5) is 25.8 Å². The Morgan fingerprint density at radius 1 is 0.977 bits per heavy atom. The number of aryl methyl sites for hydroxylation is 1.